The summed E-state index contributed by atoms with van der Waals surface area (Å²) >= 11 is 1.45. The number of nitrogens with one attached hydrogen (secondary N) is 1. The number of aryl methyl sites for hydroxylation is 1. The molecule has 0 aliphatic heterocycles. The zero-order chi connectivity index (χ0) is 19.8. The predicted molar refractivity (Wildman–Crippen MR) is 112 cm³/mol. The van der Waals surface area contributed by atoms with E-state index < -0.39 is 0 Å². The number of nitrogens with zero attached hydrogens (tertiary/aromatic N) is 6. The SMILES string of the molecule is COc1cnc2c(NCc3cnc4ccc(-c5cc(C)ns5)nn34)ccnc2c1. The second-order valence-electron chi connectivity index (χ2n) is 6.53. The van der Waals surface area contributed by atoms with Crippen LogP contribution < -0.4 is 10.1 Å². The molecule has 5 heterocycles. The number of aromatic nitrogens is 6. The van der Waals surface area contributed by atoms with E-state index in [0.29, 0.717) is 12.3 Å². The van der Waals surface area contributed by atoms with E-state index in [2.05, 4.69) is 24.6 Å². The van der Waals surface area contributed by atoms with Crippen molar-refractivity contribution < 1.29 is 4.74 Å². The average molecular weight is 403 g/mol. The third-order valence-corrected chi connectivity index (χ3v) is 5.46. The van der Waals surface area contributed by atoms with Gasteiger partial charge in [-0.2, -0.15) is 9.47 Å². The molecule has 0 spiro atoms. The first-order valence-corrected chi connectivity index (χ1v) is 9.78. The number of pyridine rings is 2. The molecule has 0 amide bonds. The highest BCUT2D eigenvalue weighted by molar-refractivity contribution is 7.09. The molecule has 0 aliphatic rings. The monoisotopic (exact) mass is 403 g/mol. The molecule has 9 heteroatoms. The van der Waals surface area contributed by atoms with E-state index in [1.54, 1.807) is 19.5 Å². The van der Waals surface area contributed by atoms with Crippen LogP contribution in [0.5, 0.6) is 5.75 Å². The summed E-state index contributed by atoms with van der Waals surface area (Å²) in [6.45, 7) is 2.53. The molecule has 0 aromatic carbocycles. The van der Waals surface area contributed by atoms with Gasteiger partial charge in [-0.15, -0.1) is 0 Å². The number of hydrogen-bond acceptors (Lipinski definition) is 8. The molecule has 0 unspecified atom stereocenters. The maximum atomic E-state index is 5.23. The summed E-state index contributed by atoms with van der Waals surface area (Å²) in [7, 11) is 1.62. The molecule has 5 rings (SSSR count). The Kier molecular flexibility index (Phi) is 4.28. The van der Waals surface area contributed by atoms with E-state index in [9.17, 15) is 0 Å². The highest BCUT2D eigenvalue weighted by Gasteiger charge is 2.10. The fourth-order valence-electron chi connectivity index (χ4n) is 3.11. The lowest BCUT2D eigenvalue weighted by Crippen LogP contribution is -2.06. The largest absolute Gasteiger partial charge is 0.495 e. The van der Waals surface area contributed by atoms with Crippen molar-refractivity contribution in [1.82, 2.24) is 28.9 Å². The molecule has 5 aromatic rings. The van der Waals surface area contributed by atoms with Crippen molar-refractivity contribution in [3.63, 3.8) is 0 Å². The van der Waals surface area contributed by atoms with Gasteiger partial charge in [0.1, 0.15) is 17.0 Å². The van der Waals surface area contributed by atoms with Crippen molar-refractivity contribution in [3.8, 4) is 16.3 Å². The number of fused-ring (bicyclic) bond motifs is 2. The Bertz CT molecular complexity index is 1330. The molecule has 0 atom stereocenters. The average Bonchev–Trinajstić information content (AvgIpc) is 3.37. The van der Waals surface area contributed by atoms with Crippen molar-refractivity contribution >= 4 is 33.9 Å². The third-order valence-electron chi connectivity index (χ3n) is 4.56. The fraction of sp³-hybridized carbons (Fsp3) is 0.150. The summed E-state index contributed by atoms with van der Waals surface area (Å²) in [4.78, 5) is 14.3. The lowest BCUT2D eigenvalue weighted by atomic mass is 10.2. The van der Waals surface area contributed by atoms with Crippen molar-refractivity contribution in [2.75, 3.05) is 12.4 Å². The number of imidazole rings is 1. The van der Waals surface area contributed by atoms with E-state index >= 15 is 0 Å². The molecule has 0 fully saturated rings. The van der Waals surface area contributed by atoms with Crippen molar-refractivity contribution in [3.05, 3.63) is 60.3 Å². The van der Waals surface area contributed by atoms with E-state index in [1.165, 1.54) is 11.5 Å². The summed E-state index contributed by atoms with van der Waals surface area (Å²) in [6, 6.07) is 9.75. The molecule has 5 aromatic heterocycles. The lowest BCUT2D eigenvalue weighted by Gasteiger charge is -2.09. The van der Waals surface area contributed by atoms with Gasteiger partial charge in [-0.3, -0.25) is 4.98 Å². The van der Waals surface area contributed by atoms with Gasteiger partial charge in [-0.25, -0.2) is 14.5 Å². The Labute approximate surface area is 170 Å². The van der Waals surface area contributed by atoms with Crippen LogP contribution in [-0.2, 0) is 6.54 Å². The van der Waals surface area contributed by atoms with E-state index in [0.717, 1.165) is 44.3 Å². The van der Waals surface area contributed by atoms with Gasteiger partial charge in [0.25, 0.3) is 0 Å². The molecule has 29 heavy (non-hydrogen) atoms. The van der Waals surface area contributed by atoms with Crippen molar-refractivity contribution in [2.24, 2.45) is 0 Å². The number of methoxy groups -OCH3 is 1. The molecule has 0 bridgehead atoms. The van der Waals surface area contributed by atoms with Crippen LogP contribution in [0.4, 0.5) is 5.69 Å². The van der Waals surface area contributed by atoms with Crippen LogP contribution in [0.25, 0.3) is 27.3 Å². The van der Waals surface area contributed by atoms with Crippen LogP contribution in [-0.4, -0.2) is 36.0 Å². The Morgan fingerprint density at radius 2 is 2.03 bits per heavy atom. The molecule has 0 saturated carbocycles. The van der Waals surface area contributed by atoms with Crippen molar-refractivity contribution in [2.45, 2.75) is 13.5 Å². The topological polar surface area (TPSA) is 90.1 Å². The Hall–Kier alpha value is -3.59. The van der Waals surface area contributed by atoms with Crippen LogP contribution in [0.1, 0.15) is 11.4 Å². The number of ether oxygens (including phenoxy) is 1. The summed E-state index contributed by atoms with van der Waals surface area (Å²) in [5.41, 5.74) is 6.07. The van der Waals surface area contributed by atoms with Crippen LogP contribution in [0.3, 0.4) is 0 Å². The zero-order valence-electron chi connectivity index (χ0n) is 15.8. The van der Waals surface area contributed by atoms with E-state index in [1.807, 2.05) is 48.0 Å². The molecule has 1 N–H and O–H groups in total. The van der Waals surface area contributed by atoms with E-state index in [-0.39, 0.29) is 0 Å². The second-order valence-corrected chi connectivity index (χ2v) is 7.33. The Morgan fingerprint density at radius 1 is 1.10 bits per heavy atom. The number of anilines is 1. The normalized spacial score (nSPS) is 11.2. The first-order chi connectivity index (χ1) is 14.2. The quantitative estimate of drug-likeness (QED) is 0.478. The number of hydrogen-bond donors (Lipinski definition) is 1. The first kappa shape index (κ1) is 17.5. The minimum atomic E-state index is 0.548. The summed E-state index contributed by atoms with van der Waals surface area (Å²) in [5.74, 6) is 0.680. The lowest BCUT2D eigenvalue weighted by molar-refractivity contribution is 0.413. The van der Waals surface area contributed by atoms with Gasteiger partial charge in [0.05, 0.1) is 53.5 Å². The maximum Gasteiger partial charge on any atom is 0.153 e. The van der Waals surface area contributed by atoms with Crippen LogP contribution in [0, 0.1) is 6.92 Å². The van der Waals surface area contributed by atoms with Gasteiger partial charge in [-0.1, -0.05) is 0 Å². The van der Waals surface area contributed by atoms with Gasteiger partial charge in [0, 0.05) is 12.3 Å². The third kappa shape index (κ3) is 3.25. The minimum Gasteiger partial charge on any atom is -0.495 e. The summed E-state index contributed by atoms with van der Waals surface area (Å²) in [5, 5.41) is 8.19. The first-order valence-electron chi connectivity index (χ1n) is 9.01. The van der Waals surface area contributed by atoms with Gasteiger partial charge in [-0.05, 0) is 42.7 Å². The number of rotatable bonds is 5. The molecule has 8 nitrogen and oxygen atoms in total. The minimum absolute atomic E-state index is 0.548. The van der Waals surface area contributed by atoms with Crippen LogP contribution in [0.2, 0.25) is 0 Å². The Balaban J connectivity index is 1.46. The second kappa shape index (κ2) is 7.10. The van der Waals surface area contributed by atoms with E-state index in [4.69, 9.17) is 9.84 Å². The maximum absolute atomic E-state index is 5.23. The summed E-state index contributed by atoms with van der Waals surface area (Å²) in [6.07, 6.45) is 5.27. The van der Waals surface area contributed by atoms with Crippen LogP contribution in [0.15, 0.2) is 48.9 Å². The van der Waals surface area contributed by atoms with Crippen molar-refractivity contribution in [1.29, 1.82) is 0 Å². The molecular weight excluding hydrogens is 386 g/mol. The molecule has 0 saturated heterocycles. The van der Waals surface area contributed by atoms with Gasteiger partial charge in [0.15, 0.2) is 5.65 Å². The molecule has 0 aliphatic carbocycles. The Morgan fingerprint density at radius 3 is 2.86 bits per heavy atom. The fourth-order valence-corrected chi connectivity index (χ4v) is 3.83. The predicted octanol–water partition coefficient (Wildman–Crippen LogP) is 3.73. The highest BCUT2D eigenvalue weighted by atomic mass is 32.1. The van der Waals surface area contributed by atoms with Crippen LogP contribution >= 0.6 is 11.5 Å². The zero-order valence-corrected chi connectivity index (χ0v) is 16.6. The molecular formula is C20H17N7OS. The van der Waals surface area contributed by atoms with Gasteiger partial charge >= 0.3 is 0 Å². The summed E-state index contributed by atoms with van der Waals surface area (Å²) < 4.78 is 11.4. The molecule has 144 valence electrons. The highest BCUT2D eigenvalue weighted by Crippen LogP contribution is 2.25. The standard InChI is InChI=1S/C20H17N7OS/c1-12-7-18(29-26-12)15-3-4-19-23-10-13(27(19)25-15)9-22-16-5-6-21-17-8-14(28-2)11-24-20(16)17/h3-8,10-11H,9H2,1-2H3,(H,21,22). The van der Waals surface area contributed by atoms with Gasteiger partial charge in [0.2, 0.25) is 0 Å². The van der Waals surface area contributed by atoms with Gasteiger partial charge < -0.3 is 10.1 Å². The smallest absolute Gasteiger partial charge is 0.153 e. The molecule has 0 radical (unpaired) electrons.